The van der Waals surface area contributed by atoms with E-state index < -0.39 is 5.97 Å². The second-order valence-corrected chi connectivity index (χ2v) is 3.42. The first-order chi connectivity index (χ1) is 6.16. The molecule has 0 saturated carbocycles. The Kier molecular flexibility index (Phi) is 3.31. The maximum Gasteiger partial charge on any atom is 0.337 e. The molecule has 0 spiro atoms. The summed E-state index contributed by atoms with van der Waals surface area (Å²) >= 11 is 3.28. The van der Waals surface area contributed by atoms with Crippen molar-refractivity contribution in [1.82, 2.24) is 0 Å². The molecule has 3 N–H and O–H groups in total. The van der Waals surface area contributed by atoms with E-state index in [0.717, 1.165) is 17.3 Å². The number of nitrogen functional groups attached to an aromatic ring is 1. The molecule has 0 aromatic heterocycles. The number of anilines is 1. The molecule has 1 aromatic carbocycles. The van der Waals surface area contributed by atoms with Gasteiger partial charge in [-0.25, -0.2) is 4.79 Å². The highest BCUT2D eigenvalue weighted by atomic mass is 79.9. The van der Waals surface area contributed by atoms with Gasteiger partial charge in [0.15, 0.2) is 0 Å². The number of carboxylic acids is 1. The minimum absolute atomic E-state index is 0.179. The Morgan fingerprint density at radius 3 is 2.77 bits per heavy atom. The lowest BCUT2D eigenvalue weighted by Crippen LogP contribution is -2.05. The van der Waals surface area contributed by atoms with Crippen LogP contribution in [0.4, 0.5) is 5.69 Å². The maximum absolute atomic E-state index is 10.7. The Morgan fingerprint density at radius 1 is 1.54 bits per heavy atom. The van der Waals surface area contributed by atoms with Gasteiger partial charge in [-0.1, -0.05) is 28.1 Å². The van der Waals surface area contributed by atoms with Crippen LogP contribution in [0.5, 0.6) is 0 Å². The second kappa shape index (κ2) is 4.28. The first-order valence-electron chi connectivity index (χ1n) is 3.83. The van der Waals surface area contributed by atoms with Gasteiger partial charge in [0.1, 0.15) is 0 Å². The number of aryl methyl sites for hydroxylation is 1. The minimum Gasteiger partial charge on any atom is -0.478 e. The smallest absolute Gasteiger partial charge is 0.337 e. The van der Waals surface area contributed by atoms with Crippen molar-refractivity contribution in [3.63, 3.8) is 0 Å². The van der Waals surface area contributed by atoms with Crippen LogP contribution in [0, 0.1) is 0 Å². The van der Waals surface area contributed by atoms with E-state index in [2.05, 4.69) is 15.9 Å². The van der Waals surface area contributed by atoms with Gasteiger partial charge in [0.2, 0.25) is 0 Å². The van der Waals surface area contributed by atoms with Crippen LogP contribution in [0.2, 0.25) is 0 Å². The molecular formula is C9H10BrNO2. The quantitative estimate of drug-likeness (QED) is 0.630. The van der Waals surface area contributed by atoms with Crippen LogP contribution < -0.4 is 5.73 Å². The monoisotopic (exact) mass is 243 g/mol. The highest BCUT2D eigenvalue weighted by Crippen LogP contribution is 2.18. The van der Waals surface area contributed by atoms with E-state index in [1.807, 2.05) is 6.07 Å². The van der Waals surface area contributed by atoms with Crippen LogP contribution in [0.15, 0.2) is 18.2 Å². The summed E-state index contributed by atoms with van der Waals surface area (Å²) in [4.78, 5) is 10.7. The molecule has 0 atom stereocenters. The number of halogens is 1. The normalized spacial score (nSPS) is 9.92. The van der Waals surface area contributed by atoms with Crippen molar-refractivity contribution in [1.29, 1.82) is 0 Å². The predicted octanol–water partition coefficient (Wildman–Crippen LogP) is 1.90. The summed E-state index contributed by atoms with van der Waals surface area (Å²) in [5.41, 5.74) is 7.09. The molecule has 0 radical (unpaired) electrons. The van der Waals surface area contributed by atoms with Gasteiger partial charge in [0.25, 0.3) is 0 Å². The Labute approximate surface area is 84.7 Å². The summed E-state index contributed by atoms with van der Waals surface area (Å²) in [6.45, 7) is 0. The molecule has 0 aliphatic heterocycles. The number of hydrogen-bond acceptors (Lipinski definition) is 2. The van der Waals surface area contributed by atoms with Crippen molar-refractivity contribution < 1.29 is 9.90 Å². The Balaban J connectivity index is 3.10. The largest absolute Gasteiger partial charge is 0.478 e. The zero-order valence-electron chi connectivity index (χ0n) is 6.96. The zero-order valence-corrected chi connectivity index (χ0v) is 8.54. The average molecular weight is 244 g/mol. The minimum atomic E-state index is -0.978. The van der Waals surface area contributed by atoms with Crippen molar-refractivity contribution in [2.75, 3.05) is 11.1 Å². The van der Waals surface area contributed by atoms with Crippen molar-refractivity contribution >= 4 is 27.6 Å². The van der Waals surface area contributed by atoms with E-state index in [1.165, 1.54) is 6.07 Å². The first-order valence-corrected chi connectivity index (χ1v) is 4.95. The Hall–Kier alpha value is -1.03. The van der Waals surface area contributed by atoms with Crippen molar-refractivity contribution in [3.8, 4) is 0 Å². The molecule has 13 heavy (non-hydrogen) atoms. The predicted molar refractivity (Wildman–Crippen MR) is 55.3 cm³/mol. The van der Waals surface area contributed by atoms with Crippen LogP contribution in [0.3, 0.4) is 0 Å². The fourth-order valence-electron chi connectivity index (χ4n) is 1.12. The lowest BCUT2D eigenvalue weighted by molar-refractivity contribution is 0.0698. The topological polar surface area (TPSA) is 63.3 Å². The van der Waals surface area contributed by atoms with Gasteiger partial charge in [-0.2, -0.15) is 0 Å². The number of para-hydroxylation sites is 1. The molecule has 0 aliphatic carbocycles. The molecule has 0 amide bonds. The molecule has 0 aliphatic rings. The number of rotatable bonds is 3. The third-order valence-electron chi connectivity index (χ3n) is 1.79. The molecule has 0 heterocycles. The summed E-state index contributed by atoms with van der Waals surface area (Å²) < 4.78 is 0. The number of benzene rings is 1. The van der Waals surface area contributed by atoms with E-state index in [9.17, 15) is 4.79 Å². The van der Waals surface area contributed by atoms with Gasteiger partial charge in [-0.05, 0) is 18.1 Å². The SMILES string of the molecule is Nc1c(CCBr)cccc1C(=O)O. The molecule has 0 saturated heterocycles. The number of nitrogens with two attached hydrogens (primary N) is 1. The fourth-order valence-corrected chi connectivity index (χ4v) is 1.55. The zero-order chi connectivity index (χ0) is 9.84. The Bertz CT molecular complexity index is 325. The standard InChI is InChI=1S/C9H10BrNO2/c10-5-4-6-2-1-3-7(8(6)11)9(12)13/h1-3H,4-5,11H2,(H,12,13). The number of carbonyl (C=O) groups is 1. The molecule has 4 heteroatoms. The lowest BCUT2D eigenvalue weighted by Gasteiger charge is -2.06. The van der Waals surface area contributed by atoms with E-state index in [0.29, 0.717) is 5.69 Å². The molecule has 0 fully saturated rings. The molecular weight excluding hydrogens is 234 g/mol. The third-order valence-corrected chi connectivity index (χ3v) is 2.19. The summed E-state index contributed by atoms with van der Waals surface area (Å²) in [5.74, 6) is -0.978. The highest BCUT2D eigenvalue weighted by Gasteiger charge is 2.09. The third kappa shape index (κ3) is 2.21. The van der Waals surface area contributed by atoms with Crippen molar-refractivity contribution in [2.45, 2.75) is 6.42 Å². The van der Waals surface area contributed by atoms with Crippen LogP contribution >= 0.6 is 15.9 Å². The van der Waals surface area contributed by atoms with Gasteiger partial charge in [-0.15, -0.1) is 0 Å². The average Bonchev–Trinajstić information content (AvgIpc) is 2.08. The lowest BCUT2D eigenvalue weighted by atomic mass is 10.1. The van der Waals surface area contributed by atoms with Gasteiger partial charge >= 0.3 is 5.97 Å². The van der Waals surface area contributed by atoms with E-state index >= 15 is 0 Å². The number of hydrogen-bond donors (Lipinski definition) is 2. The maximum atomic E-state index is 10.7. The summed E-state index contributed by atoms with van der Waals surface area (Å²) in [7, 11) is 0. The first kappa shape index (κ1) is 10.1. The summed E-state index contributed by atoms with van der Waals surface area (Å²) in [6.07, 6.45) is 0.743. The van der Waals surface area contributed by atoms with E-state index in [-0.39, 0.29) is 5.56 Å². The molecule has 0 unspecified atom stereocenters. The number of alkyl halides is 1. The van der Waals surface area contributed by atoms with Crippen molar-refractivity contribution in [2.24, 2.45) is 0 Å². The number of aromatic carboxylic acids is 1. The van der Waals surface area contributed by atoms with Gasteiger partial charge in [0.05, 0.1) is 5.56 Å². The van der Waals surface area contributed by atoms with Crippen LogP contribution in [0.1, 0.15) is 15.9 Å². The van der Waals surface area contributed by atoms with E-state index in [4.69, 9.17) is 10.8 Å². The van der Waals surface area contributed by atoms with Gasteiger partial charge in [-0.3, -0.25) is 0 Å². The van der Waals surface area contributed by atoms with Crippen LogP contribution in [0.25, 0.3) is 0 Å². The highest BCUT2D eigenvalue weighted by molar-refractivity contribution is 9.09. The molecule has 1 aromatic rings. The number of carboxylic acid groups (broad SMARTS) is 1. The van der Waals surface area contributed by atoms with Crippen LogP contribution in [-0.2, 0) is 6.42 Å². The van der Waals surface area contributed by atoms with E-state index in [1.54, 1.807) is 6.07 Å². The van der Waals surface area contributed by atoms with Crippen LogP contribution in [-0.4, -0.2) is 16.4 Å². The summed E-state index contributed by atoms with van der Waals surface area (Å²) in [5, 5.41) is 9.54. The molecule has 1 rings (SSSR count). The van der Waals surface area contributed by atoms with Gasteiger partial charge in [0, 0.05) is 11.0 Å². The molecule has 3 nitrogen and oxygen atoms in total. The second-order valence-electron chi connectivity index (χ2n) is 2.62. The Morgan fingerprint density at radius 2 is 2.23 bits per heavy atom. The molecule has 70 valence electrons. The summed E-state index contributed by atoms with van der Waals surface area (Å²) in [6, 6.07) is 5.05. The van der Waals surface area contributed by atoms with Gasteiger partial charge < -0.3 is 10.8 Å². The fraction of sp³-hybridized carbons (Fsp3) is 0.222. The van der Waals surface area contributed by atoms with Crippen molar-refractivity contribution in [3.05, 3.63) is 29.3 Å². The molecule has 0 bridgehead atoms.